The lowest BCUT2D eigenvalue weighted by atomic mass is 10.1. The van der Waals surface area contributed by atoms with Crippen molar-refractivity contribution < 1.29 is 9.59 Å². The van der Waals surface area contributed by atoms with Gasteiger partial charge in [0.2, 0.25) is 5.91 Å². The number of carbonyl (C=O) groups is 2. The summed E-state index contributed by atoms with van der Waals surface area (Å²) in [5.74, 6) is -0.437. The molecule has 0 bridgehead atoms. The van der Waals surface area contributed by atoms with E-state index in [9.17, 15) is 9.59 Å². The van der Waals surface area contributed by atoms with Crippen molar-refractivity contribution in [1.82, 2.24) is 9.88 Å². The zero-order chi connectivity index (χ0) is 23.4. The predicted molar refractivity (Wildman–Crippen MR) is 141 cm³/mol. The fraction of sp³-hybridized carbons (Fsp3) is 0.130. The number of halogens is 2. The lowest BCUT2D eigenvalue weighted by Gasteiger charge is -2.13. The number of nitrogens with zero attached hydrogens (tertiary/aromatic N) is 2. The van der Waals surface area contributed by atoms with E-state index in [1.165, 1.54) is 28.0 Å². The summed E-state index contributed by atoms with van der Waals surface area (Å²) in [7, 11) is 0. The molecule has 1 saturated heterocycles. The number of thiocarbonyl (C=S) groups is 1. The molecule has 2 aromatic carbocycles. The number of benzene rings is 2. The van der Waals surface area contributed by atoms with Crippen molar-refractivity contribution in [2.24, 2.45) is 0 Å². The van der Waals surface area contributed by atoms with Crippen LogP contribution in [0.25, 0.3) is 6.08 Å². The quantitative estimate of drug-likeness (QED) is 0.286. The third kappa shape index (κ3) is 6.22. The summed E-state index contributed by atoms with van der Waals surface area (Å²) in [4.78, 5) is 32.4. The lowest BCUT2D eigenvalue weighted by Crippen LogP contribution is -2.31. The van der Waals surface area contributed by atoms with Crippen molar-refractivity contribution in [1.29, 1.82) is 0 Å². The number of aromatic nitrogens is 1. The molecule has 3 aromatic rings. The maximum atomic E-state index is 12.7. The van der Waals surface area contributed by atoms with Crippen LogP contribution in [0.15, 0.2) is 59.6 Å². The van der Waals surface area contributed by atoms with Crippen LogP contribution in [-0.4, -0.2) is 32.6 Å². The highest BCUT2D eigenvalue weighted by Gasteiger charge is 2.32. The SMILES string of the molecule is O=C(CCN1C(=O)C(=Cc2ccc(Cl)cc2)SC1=S)Nc1ncc(Cc2ccccc2Cl)s1. The van der Waals surface area contributed by atoms with Crippen molar-refractivity contribution in [2.75, 3.05) is 11.9 Å². The van der Waals surface area contributed by atoms with Crippen LogP contribution < -0.4 is 5.32 Å². The number of thiazole rings is 1. The average Bonchev–Trinajstić information content (AvgIpc) is 3.33. The molecule has 0 radical (unpaired) electrons. The number of hydrogen-bond donors (Lipinski definition) is 1. The number of hydrogen-bond acceptors (Lipinski definition) is 6. The van der Waals surface area contributed by atoms with E-state index >= 15 is 0 Å². The van der Waals surface area contributed by atoms with Gasteiger partial charge in [-0.05, 0) is 35.4 Å². The Morgan fingerprint density at radius 1 is 1.15 bits per heavy atom. The van der Waals surface area contributed by atoms with Crippen LogP contribution in [0, 0.1) is 0 Å². The molecule has 1 fully saturated rings. The standard InChI is InChI=1S/C23H17Cl2N3O2S3/c24-16-7-5-14(6-8-16)11-19-21(30)28(23(31)33-19)10-9-20(29)27-22-26-13-17(32-22)12-15-3-1-2-4-18(15)25/h1-8,11,13H,9-10,12H2,(H,26,27,29). The van der Waals surface area contributed by atoms with E-state index in [4.69, 9.17) is 35.4 Å². The largest absolute Gasteiger partial charge is 0.302 e. The van der Waals surface area contributed by atoms with Crippen LogP contribution in [-0.2, 0) is 16.0 Å². The fourth-order valence-corrected chi connectivity index (χ4v) is 5.56. The Bertz CT molecular complexity index is 1240. The zero-order valence-electron chi connectivity index (χ0n) is 17.1. The van der Waals surface area contributed by atoms with Crippen molar-refractivity contribution in [3.05, 3.63) is 85.7 Å². The topological polar surface area (TPSA) is 62.3 Å². The van der Waals surface area contributed by atoms with Gasteiger partial charge in [-0.25, -0.2) is 4.98 Å². The summed E-state index contributed by atoms with van der Waals surface area (Å²) in [6.07, 6.45) is 4.25. The van der Waals surface area contributed by atoms with E-state index in [1.54, 1.807) is 24.4 Å². The van der Waals surface area contributed by atoms with Gasteiger partial charge < -0.3 is 5.32 Å². The molecule has 1 aromatic heterocycles. The van der Waals surface area contributed by atoms with Gasteiger partial charge in [-0.1, -0.05) is 77.5 Å². The Morgan fingerprint density at radius 2 is 1.91 bits per heavy atom. The maximum absolute atomic E-state index is 12.7. The molecule has 1 aliphatic rings. The van der Waals surface area contributed by atoms with Gasteiger partial charge in [-0.15, -0.1) is 11.3 Å². The minimum absolute atomic E-state index is 0.111. The Hall–Kier alpha value is -2.23. The monoisotopic (exact) mass is 533 g/mol. The molecule has 10 heteroatoms. The van der Waals surface area contributed by atoms with E-state index in [2.05, 4.69) is 10.3 Å². The third-order valence-electron chi connectivity index (χ3n) is 4.73. The van der Waals surface area contributed by atoms with Crippen LogP contribution in [0.2, 0.25) is 10.0 Å². The summed E-state index contributed by atoms with van der Waals surface area (Å²) >= 11 is 20.1. The molecule has 0 unspecified atom stereocenters. The molecule has 2 heterocycles. The van der Waals surface area contributed by atoms with Crippen molar-refractivity contribution in [2.45, 2.75) is 12.8 Å². The Morgan fingerprint density at radius 3 is 2.67 bits per heavy atom. The summed E-state index contributed by atoms with van der Waals surface area (Å²) in [5.41, 5.74) is 1.86. The van der Waals surface area contributed by atoms with Gasteiger partial charge in [0, 0.05) is 40.5 Å². The van der Waals surface area contributed by atoms with Crippen molar-refractivity contribution in [3.63, 3.8) is 0 Å². The summed E-state index contributed by atoms with van der Waals surface area (Å²) in [6, 6.07) is 14.8. The summed E-state index contributed by atoms with van der Waals surface area (Å²) < 4.78 is 0.435. The summed E-state index contributed by atoms with van der Waals surface area (Å²) in [5, 5.41) is 4.63. The van der Waals surface area contributed by atoms with E-state index in [0.29, 0.717) is 30.8 Å². The molecular formula is C23H17Cl2N3O2S3. The smallest absolute Gasteiger partial charge is 0.266 e. The van der Waals surface area contributed by atoms with E-state index in [0.717, 1.165) is 16.0 Å². The van der Waals surface area contributed by atoms with Crippen LogP contribution in [0.1, 0.15) is 22.4 Å². The number of amides is 2. The van der Waals surface area contributed by atoms with Gasteiger partial charge >= 0.3 is 0 Å². The minimum atomic E-state index is -0.232. The van der Waals surface area contributed by atoms with E-state index in [1.807, 2.05) is 36.4 Å². The number of anilines is 1. The molecule has 1 aliphatic heterocycles. The second-order valence-corrected chi connectivity index (χ2v) is 10.7. The first-order valence-electron chi connectivity index (χ1n) is 9.88. The van der Waals surface area contributed by atoms with Gasteiger partial charge in [-0.2, -0.15) is 0 Å². The van der Waals surface area contributed by atoms with E-state index in [-0.39, 0.29) is 24.8 Å². The first-order chi connectivity index (χ1) is 15.9. The Balaban J connectivity index is 1.31. The van der Waals surface area contributed by atoms with Crippen LogP contribution in [0.5, 0.6) is 0 Å². The molecule has 0 saturated carbocycles. The van der Waals surface area contributed by atoms with Crippen molar-refractivity contribution >= 4 is 85.9 Å². The first kappa shape index (κ1) is 23.9. The fourth-order valence-electron chi connectivity index (χ4n) is 3.07. The number of nitrogens with one attached hydrogen (secondary N) is 1. The minimum Gasteiger partial charge on any atom is -0.302 e. The van der Waals surface area contributed by atoms with Crippen LogP contribution >= 0.6 is 58.5 Å². The number of rotatable bonds is 7. The van der Waals surface area contributed by atoms with Crippen LogP contribution in [0.3, 0.4) is 0 Å². The molecule has 0 atom stereocenters. The molecule has 0 aliphatic carbocycles. The normalized spacial score (nSPS) is 14.8. The molecular weight excluding hydrogens is 517 g/mol. The lowest BCUT2D eigenvalue weighted by molar-refractivity contribution is -0.122. The van der Waals surface area contributed by atoms with Gasteiger partial charge in [0.25, 0.3) is 5.91 Å². The molecule has 168 valence electrons. The molecule has 2 amide bonds. The predicted octanol–water partition coefficient (Wildman–Crippen LogP) is 6.27. The first-order valence-corrected chi connectivity index (χ1v) is 12.7. The second-order valence-electron chi connectivity index (χ2n) is 7.08. The van der Waals surface area contributed by atoms with Gasteiger partial charge in [0.1, 0.15) is 4.32 Å². The van der Waals surface area contributed by atoms with Gasteiger partial charge in [-0.3, -0.25) is 14.5 Å². The Labute approximate surface area is 214 Å². The number of thioether (sulfide) groups is 1. The highest BCUT2D eigenvalue weighted by Crippen LogP contribution is 2.33. The van der Waals surface area contributed by atoms with Crippen molar-refractivity contribution in [3.8, 4) is 0 Å². The van der Waals surface area contributed by atoms with Gasteiger partial charge in [0.05, 0.1) is 4.91 Å². The number of carbonyl (C=O) groups excluding carboxylic acids is 2. The van der Waals surface area contributed by atoms with E-state index < -0.39 is 0 Å². The second kappa shape index (κ2) is 10.8. The average molecular weight is 535 g/mol. The maximum Gasteiger partial charge on any atom is 0.266 e. The molecule has 4 rings (SSSR count). The van der Waals surface area contributed by atoms with Gasteiger partial charge in [0.15, 0.2) is 5.13 Å². The van der Waals surface area contributed by atoms with Crippen LogP contribution in [0.4, 0.5) is 5.13 Å². The molecule has 0 spiro atoms. The third-order valence-corrected chi connectivity index (χ3v) is 7.64. The Kier molecular flexibility index (Phi) is 7.82. The highest BCUT2D eigenvalue weighted by atomic mass is 35.5. The highest BCUT2D eigenvalue weighted by molar-refractivity contribution is 8.26. The molecule has 33 heavy (non-hydrogen) atoms. The zero-order valence-corrected chi connectivity index (χ0v) is 21.0. The molecule has 1 N–H and O–H groups in total. The summed E-state index contributed by atoms with van der Waals surface area (Å²) in [6.45, 7) is 0.201. The molecule has 5 nitrogen and oxygen atoms in total.